The molecule has 0 radical (unpaired) electrons. The molecule has 1 unspecified atom stereocenters. The number of non-ortho nitro benzene ring substituents is 1. The number of carbonyl (C=O) groups is 1. The van der Waals surface area contributed by atoms with Crippen molar-refractivity contribution < 1.29 is 18.1 Å². The fourth-order valence-electron chi connectivity index (χ4n) is 3.73. The maximum Gasteiger partial charge on any atom is 0.270 e. The fraction of sp³-hybridized carbons (Fsp3) is 0.381. The van der Waals surface area contributed by atoms with Crippen LogP contribution in [0.4, 0.5) is 5.69 Å². The molecule has 0 aromatic heterocycles. The first-order chi connectivity index (χ1) is 14.3. The third kappa shape index (κ3) is 4.36. The van der Waals surface area contributed by atoms with E-state index in [0.717, 1.165) is 11.6 Å². The summed E-state index contributed by atoms with van der Waals surface area (Å²) in [4.78, 5) is 25.1. The number of nitro benzene ring substituents is 1. The molecule has 8 nitrogen and oxygen atoms in total. The molecule has 1 heterocycles. The molecule has 1 saturated heterocycles. The molecule has 9 heteroatoms. The van der Waals surface area contributed by atoms with Crippen LogP contribution < -0.4 is 0 Å². The first kappa shape index (κ1) is 21.9. The second-order valence-electron chi connectivity index (χ2n) is 7.31. The van der Waals surface area contributed by atoms with Gasteiger partial charge in [0.25, 0.3) is 5.69 Å². The minimum Gasteiger partial charge on any atom is -0.340 e. The maximum atomic E-state index is 13.1. The Kier molecular flexibility index (Phi) is 6.52. The van der Waals surface area contributed by atoms with Gasteiger partial charge in [0, 0.05) is 38.3 Å². The molecule has 160 valence electrons. The van der Waals surface area contributed by atoms with Gasteiger partial charge in [-0.3, -0.25) is 14.9 Å². The van der Waals surface area contributed by atoms with Gasteiger partial charge in [0.2, 0.25) is 15.9 Å². The standard InChI is InChI=1S/C21H25N3O5S/c1-3-19(17-7-5-4-6-8-17)21(25)22-11-13-23(14-12-22)30(28,29)20-15-18(24(26)27)10-9-16(20)2/h4-10,15,19H,3,11-14H2,1-2H3. The largest absolute Gasteiger partial charge is 0.340 e. The van der Waals surface area contributed by atoms with Gasteiger partial charge < -0.3 is 4.90 Å². The Labute approximate surface area is 176 Å². The molecule has 0 saturated carbocycles. The highest BCUT2D eigenvalue weighted by atomic mass is 32.2. The van der Waals surface area contributed by atoms with Crippen LogP contribution >= 0.6 is 0 Å². The van der Waals surface area contributed by atoms with Gasteiger partial charge in [0.15, 0.2) is 0 Å². The molecule has 30 heavy (non-hydrogen) atoms. The SMILES string of the molecule is CCC(C(=O)N1CCN(S(=O)(=O)c2cc([N+](=O)[O-])ccc2C)CC1)c1ccccc1. The summed E-state index contributed by atoms with van der Waals surface area (Å²) in [6, 6.07) is 13.4. The van der Waals surface area contributed by atoms with Crippen LogP contribution in [-0.2, 0) is 14.8 Å². The number of rotatable bonds is 6. The molecule has 1 aliphatic rings. The average Bonchev–Trinajstić information content (AvgIpc) is 2.75. The number of sulfonamides is 1. The summed E-state index contributed by atoms with van der Waals surface area (Å²) in [7, 11) is -3.88. The molecular weight excluding hydrogens is 406 g/mol. The quantitative estimate of drug-likeness (QED) is 0.517. The van der Waals surface area contributed by atoms with Crippen molar-refractivity contribution in [3.63, 3.8) is 0 Å². The summed E-state index contributed by atoms with van der Waals surface area (Å²) in [6.07, 6.45) is 0.661. The Morgan fingerprint density at radius 3 is 2.30 bits per heavy atom. The average molecular weight is 432 g/mol. The number of carbonyl (C=O) groups excluding carboxylic acids is 1. The monoisotopic (exact) mass is 431 g/mol. The van der Waals surface area contributed by atoms with Gasteiger partial charge >= 0.3 is 0 Å². The molecule has 0 bridgehead atoms. The topological polar surface area (TPSA) is 101 Å². The predicted molar refractivity (Wildman–Crippen MR) is 113 cm³/mol. The maximum absolute atomic E-state index is 13.1. The van der Waals surface area contributed by atoms with Crippen molar-refractivity contribution in [2.75, 3.05) is 26.2 Å². The van der Waals surface area contributed by atoms with Crippen molar-refractivity contribution in [3.8, 4) is 0 Å². The van der Waals surface area contributed by atoms with E-state index in [2.05, 4.69) is 0 Å². The van der Waals surface area contributed by atoms with Crippen LogP contribution in [0, 0.1) is 17.0 Å². The zero-order valence-electron chi connectivity index (χ0n) is 17.0. The van der Waals surface area contributed by atoms with Crippen molar-refractivity contribution in [2.24, 2.45) is 0 Å². The van der Waals surface area contributed by atoms with Gasteiger partial charge in [-0.05, 0) is 24.5 Å². The molecule has 1 fully saturated rings. The summed E-state index contributed by atoms with van der Waals surface area (Å²) in [5.74, 6) is -0.263. The van der Waals surface area contributed by atoms with E-state index in [-0.39, 0.29) is 48.6 Å². The van der Waals surface area contributed by atoms with Crippen molar-refractivity contribution in [1.82, 2.24) is 9.21 Å². The summed E-state index contributed by atoms with van der Waals surface area (Å²) < 4.78 is 27.4. The van der Waals surface area contributed by atoms with E-state index in [0.29, 0.717) is 12.0 Å². The number of aryl methyl sites for hydroxylation is 1. The minimum atomic E-state index is -3.88. The molecule has 0 N–H and O–H groups in total. The van der Waals surface area contributed by atoms with E-state index in [1.54, 1.807) is 11.8 Å². The van der Waals surface area contributed by atoms with Gasteiger partial charge in [-0.15, -0.1) is 0 Å². The Morgan fingerprint density at radius 2 is 1.73 bits per heavy atom. The third-order valence-electron chi connectivity index (χ3n) is 5.46. The first-order valence-corrected chi connectivity index (χ1v) is 11.3. The van der Waals surface area contributed by atoms with Crippen LogP contribution in [0.15, 0.2) is 53.4 Å². The van der Waals surface area contributed by atoms with Crippen LogP contribution in [-0.4, -0.2) is 54.6 Å². The number of benzene rings is 2. The lowest BCUT2D eigenvalue weighted by Crippen LogP contribution is -2.51. The van der Waals surface area contributed by atoms with Gasteiger partial charge in [0.1, 0.15) is 0 Å². The van der Waals surface area contributed by atoms with Crippen molar-refractivity contribution >= 4 is 21.6 Å². The zero-order chi connectivity index (χ0) is 21.9. The second kappa shape index (κ2) is 8.93. The van der Waals surface area contributed by atoms with Gasteiger partial charge in [-0.1, -0.05) is 43.3 Å². The minimum absolute atomic E-state index is 0.00715. The zero-order valence-corrected chi connectivity index (χ0v) is 17.8. The highest BCUT2D eigenvalue weighted by molar-refractivity contribution is 7.89. The molecule has 2 aromatic rings. The lowest BCUT2D eigenvalue weighted by Gasteiger charge is -2.36. The summed E-state index contributed by atoms with van der Waals surface area (Å²) >= 11 is 0. The van der Waals surface area contributed by atoms with Gasteiger partial charge in [-0.25, -0.2) is 8.42 Å². The molecule has 2 aromatic carbocycles. The Balaban J connectivity index is 1.74. The van der Waals surface area contributed by atoms with Crippen LogP contribution in [0.2, 0.25) is 0 Å². The number of hydrogen-bond donors (Lipinski definition) is 0. The molecular formula is C21H25N3O5S. The van der Waals surface area contributed by atoms with E-state index in [9.17, 15) is 23.3 Å². The summed E-state index contributed by atoms with van der Waals surface area (Å²) in [6.45, 7) is 4.46. The lowest BCUT2D eigenvalue weighted by molar-refractivity contribution is -0.385. The Bertz CT molecular complexity index is 1030. The predicted octanol–water partition coefficient (Wildman–Crippen LogP) is 2.93. The molecule has 0 aliphatic carbocycles. The van der Waals surface area contributed by atoms with E-state index < -0.39 is 14.9 Å². The number of piperazine rings is 1. The highest BCUT2D eigenvalue weighted by Crippen LogP contribution is 2.27. The normalized spacial score (nSPS) is 16.3. The van der Waals surface area contributed by atoms with E-state index in [1.165, 1.54) is 16.4 Å². The van der Waals surface area contributed by atoms with Crippen molar-refractivity contribution in [2.45, 2.75) is 31.1 Å². The number of hydrogen-bond acceptors (Lipinski definition) is 5. The van der Waals surface area contributed by atoms with Crippen molar-refractivity contribution in [1.29, 1.82) is 0 Å². The Hall–Kier alpha value is -2.78. The van der Waals surface area contributed by atoms with Crippen LogP contribution in [0.1, 0.15) is 30.4 Å². The van der Waals surface area contributed by atoms with Crippen LogP contribution in [0.5, 0.6) is 0 Å². The highest BCUT2D eigenvalue weighted by Gasteiger charge is 2.33. The first-order valence-electron chi connectivity index (χ1n) is 9.84. The molecule has 1 aliphatic heterocycles. The van der Waals surface area contributed by atoms with Crippen LogP contribution in [0.25, 0.3) is 0 Å². The number of amides is 1. The molecule has 3 rings (SSSR count). The molecule has 0 spiro atoms. The second-order valence-corrected chi connectivity index (χ2v) is 9.21. The molecule has 1 atom stereocenters. The van der Waals surface area contributed by atoms with Crippen molar-refractivity contribution in [3.05, 3.63) is 69.8 Å². The summed E-state index contributed by atoms with van der Waals surface area (Å²) in [5.41, 5.74) is 1.14. The fourth-order valence-corrected chi connectivity index (χ4v) is 5.39. The number of nitrogens with zero attached hydrogens (tertiary/aromatic N) is 3. The van der Waals surface area contributed by atoms with E-state index in [1.807, 2.05) is 37.3 Å². The van der Waals surface area contributed by atoms with E-state index in [4.69, 9.17) is 0 Å². The smallest absolute Gasteiger partial charge is 0.270 e. The lowest BCUT2D eigenvalue weighted by atomic mass is 9.95. The summed E-state index contributed by atoms with van der Waals surface area (Å²) in [5, 5.41) is 11.0. The van der Waals surface area contributed by atoms with Crippen LogP contribution in [0.3, 0.4) is 0 Å². The number of nitro groups is 1. The van der Waals surface area contributed by atoms with E-state index >= 15 is 0 Å². The van der Waals surface area contributed by atoms with Gasteiger partial charge in [0.05, 0.1) is 15.7 Å². The third-order valence-corrected chi connectivity index (χ3v) is 7.50. The molecule has 1 amide bonds. The Morgan fingerprint density at radius 1 is 1.10 bits per heavy atom. The van der Waals surface area contributed by atoms with Gasteiger partial charge in [-0.2, -0.15) is 4.31 Å².